The number of hydrogen-bond acceptors (Lipinski definition) is 4. The van der Waals surface area contributed by atoms with Crippen molar-refractivity contribution in [2.24, 2.45) is 5.10 Å². The van der Waals surface area contributed by atoms with Gasteiger partial charge in [0.25, 0.3) is 0 Å². The second kappa shape index (κ2) is 9.77. The van der Waals surface area contributed by atoms with E-state index in [1.54, 1.807) is 42.5 Å². The summed E-state index contributed by atoms with van der Waals surface area (Å²) in [6, 6.07) is 23.6. The van der Waals surface area contributed by atoms with E-state index in [0.717, 1.165) is 10.2 Å². The Hall–Kier alpha value is -3.03. The Morgan fingerprint density at radius 1 is 1.00 bits per heavy atom. The van der Waals surface area contributed by atoms with Crippen LogP contribution in [0.3, 0.4) is 0 Å². The number of nitrogens with zero attached hydrogens (tertiary/aromatic N) is 1. The molecule has 0 spiro atoms. The lowest BCUT2D eigenvalue weighted by atomic mass is 10.2. The molecule has 0 aliphatic carbocycles. The number of carbonyl (C=O) groups excluding carboxylic acids is 1. The minimum atomic E-state index is -0.438. The van der Waals surface area contributed by atoms with E-state index in [2.05, 4.69) is 31.8 Å². The van der Waals surface area contributed by atoms with Gasteiger partial charge in [-0.1, -0.05) is 52.3 Å². The van der Waals surface area contributed by atoms with E-state index in [0.29, 0.717) is 22.0 Å². The zero-order chi connectivity index (χ0) is 19.8. The first-order valence-electron chi connectivity index (χ1n) is 8.34. The third-order valence-corrected chi connectivity index (χ3v) is 4.27. The summed E-state index contributed by atoms with van der Waals surface area (Å²) in [5.41, 5.74) is 4.69. The molecule has 0 saturated heterocycles. The molecular formula is C21H16BrN3O2S. The monoisotopic (exact) mass is 453 g/mol. The van der Waals surface area contributed by atoms with Gasteiger partial charge in [0.2, 0.25) is 0 Å². The molecule has 0 saturated carbocycles. The van der Waals surface area contributed by atoms with Crippen molar-refractivity contribution in [2.45, 2.75) is 0 Å². The summed E-state index contributed by atoms with van der Waals surface area (Å²) >= 11 is 8.63. The fourth-order valence-corrected chi connectivity index (χ4v) is 2.84. The molecule has 140 valence electrons. The maximum absolute atomic E-state index is 12.3. The first-order valence-corrected chi connectivity index (χ1v) is 9.54. The van der Waals surface area contributed by atoms with Crippen LogP contribution in [0.15, 0.2) is 88.4 Å². The summed E-state index contributed by atoms with van der Waals surface area (Å²) in [6.45, 7) is 0. The first-order chi connectivity index (χ1) is 13.6. The Bertz CT molecular complexity index is 995. The van der Waals surface area contributed by atoms with Crippen LogP contribution in [-0.4, -0.2) is 17.3 Å². The lowest BCUT2D eigenvalue weighted by molar-refractivity contribution is 0.0734. The van der Waals surface area contributed by atoms with E-state index in [1.165, 1.54) is 6.21 Å². The number of para-hydroxylation sites is 1. The first kappa shape index (κ1) is 19.7. The van der Waals surface area contributed by atoms with Gasteiger partial charge in [-0.25, -0.2) is 4.79 Å². The molecule has 0 bridgehead atoms. The summed E-state index contributed by atoms with van der Waals surface area (Å²) in [5, 5.41) is 7.50. The summed E-state index contributed by atoms with van der Waals surface area (Å²) in [5.74, 6) is -0.0451. The van der Waals surface area contributed by atoms with Gasteiger partial charge >= 0.3 is 5.97 Å². The number of benzene rings is 3. The van der Waals surface area contributed by atoms with Gasteiger partial charge < -0.3 is 10.1 Å². The van der Waals surface area contributed by atoms with Gasteiger partial charge in [0.1, 0.15) is 5.75 Å². The normalized spacial score (nSPS) is 10.5. The quantitative estimate of drug-likeness (QED) is 0.187. The van der Waals surface area contributed by atoms with E-state index in [1.807, 2.05) is 36.4 Å². The number of anilines is 1. The Kier molecular flexibility index (Phi) is 6.89. The number of esters is 1. The maximum atomic E-state index is 12.3. The highest BCUT2D eigenvalue weighted by Crippen LogP contribution is 2.23. The number of carbonyl (C=O) groups is 1. The highest BCUT2D eigenvalue weighted by molar-refractivity contribution is 9.10. The van der Waals surface area contributed by atoms with Crippen LogP contribution >= 0.6 is 28.1 Å². The Morgan fingerprint density at radius 3 is 2.39 bits per heavy atom. The van der Waals surface area contributed by atoms with Gasteiger partial charge in [0, 0.05) is 15.7 Å². The van der Waals surface area contributed by atoms with E-state index < -0.39 is 5.97 Å². The highest BCUT2D eigenvalue weighted by Gasteiger charge is 2.11. The molecule has 0 aromatic heterocycles. The minimum Gasteiger partial charge on any atom is -0.422 e. The molecule has 3 aromatic rings. The van der Waals surface area contributed by atoms with Crippen molar-refractivity contribution in [3.8, 4) is 5.75 Å². The molecule has 0 aliphatic heterocycles. The molecule has 3 aromatic carbocycles. The third-order valence-electron chi connectivity index (χ3n) is 3.59. The van der Waals surface area contributed by atoms with Crippen LogP contribution in [-0.2, 0) is 0 Å². The number of rotatable bonds is 5. The van der Waals surface area contributed by atoms with Crippen molar-refractivity contribution >= 4 is 51.1 Å². The lowest BCUT2D eigenvalue weighted by Gasteiger charge is -2.09. The smallest absolute Gasteiger partial charge is 0.343 e. The summed E-state index contributed by atoms with van der Waals surface area (Å²) in [6.07, 6.45) is 1.54. The average Bonchev–Trinajstić information content (AvgIpc) is 2.71. The van der Waals surface area contributed by atoms with Crippen molar-refractivity contribution in [2.75, 3.05) is 5.32 Å². The van der Waals surface area contributed by atoms with Crippen LogP contribution in [0.5, 0.6) is 5.75 Å². The Morgan fingerprint density at radius 2 is 1.68 bits per heavy atom. The number of hydrazone groups is 1. The van der Waals surface area contributed by atoms with Gasteiger partial charge in [-0.15, -0.1) is 0 Å². The molecule has 2 N–H and O–H groups in total. The molecule has 0 aliphatic rings. The van der Waals surface area contributed by atoms with Crippen molar-refractivity contribution < 1.29 is 9.53 Å². The molecule has 0 heterocycles. The highest BCUT2D eigenvalue weighted by atomic mass is 79.9. The van der Waals surface area contributed by atoms with E-state index in [-0.39, 0.29) is 0 Å². The number of hydrogen-bond donors (Lipinski definition) is 2. The minimum absolute atomic E-state index is 0.347. The molecule has 3 rings (SSSR count). The van der Waals surface area contributed by atoms with Gasteiger partial charge in [0.05, 0.1) is 11.8 Å². The molecule has 0 fully saturated rings. The summed E-state index contributed by atoms with van der Waals surface area (Å²) < 4.78 is 6.34. The third kappa shape index (κ3) is 5.73. The van der Waals surface area contributed by atoms with Crippen LogP contribution < -0.4 is 15.5 Å². The van der Waals surface area contributed by atoms with E-state index in [9.17, 15) is 4.79 Å². The van der Waals surface area contributed by atoms with Crippen LogP contribution in [0.4, 0.5) is 5.69 Å². The zero-order valence-electron chi connectivity index (χ0n) is 14.6. The second-order valence-electron chi connectivity index (χ2n) is 5.63. The number of nitrogens with one attached hydrogen (secondary N) is 2. The van der Waals surface area contributed by atoms with E-state index in [4.69, 9.17) is 17.0 Å². The molecule has 7 heteroatoms. The van der Waals surface area contributed by atoms with Crippen LogP contribution in [0.25, 0.3) is 0 Å². The van der Waals surface area contributed by atoms with E-state index >= 15 is 0 Å². The van der Waals surface area contributed by atoms with Crippen molar-refractivity contribution in [1.29, 1.82) is 0 Å². The van der Waals surface area contributed by atoms with Crippen molar-refractivity contribution in [3.05, 3.63) is 94.5 Å². The fraction of sp³-hybridized carbons (Fsp3) is 0. The molecule has 0 atom stereocenters. The molecule has 0 amide bonds. The topological polar surface area (TPSA) is 62.7 Å². The molecule has 28 heavy (non-hydrogen) atoms. The number of halogens is 1. The molecule has 0 unspecified atom stereocenters. The Labute approximate surface area is 176 Å². The van der Waals surface area contributed by atoms with Gasteiger partial charge in [0.15, 0.2) is 5.11 Å². The van der Waals surface area contributed by atoms with Gasteiger partial charge in [-0.3, -0.25) is 5.43 Å². The van der Waals surface area contributed by atoms with Crippen molar-refractivity contribution in [1.82, 2.24) is 5.43 Å². The Balaban J connectivity index is 1.67. The van der Waals surface area contributed by atoms with Crippen LogP contribution in [0.2, 0.25) is 0 Å². The summed E-state index contributed by atoms with van der Waals surface area (Å²) in [7, 11) is 0. The number of thiocarbonyl (C=S) groups is 1. The SMILES string of the molecule is O=C(Oc1ccc(Br)cc1/C=N/NC(=S)Nc1ccccc1)c1ccccc1. The lowest BCUT2D eigenvalue weighted by Crippen LogP contribution is -2.23. The summed E-state index contributed by atoms with van der Waals surface area (Å²) in [4.78, 5) is 12.3. The second-order valence-corrected chi connectivity index (χ2v) is 6.95. The predicted octanol–water partition coefficient (Wildman–Crippen LogP) is 4.99. The molecular weight excluding hydrogens is 438 g/mol. The van der Waals surface area contributed by atoms with Crippen LogP contribution in [0, 0.1) is 0 Å². The maximum Gasteiger partial charge on any atom is 0.343 e. The average molecular weight is 454 g/mol. The standard InChI is InChI=1S/C21H16BrN3O2S/c22-17-11-12-19(27-20(26)15-7-3-1-4-8-15)16(13-17)14-23-25-21(28)24-18-9-5-2-6-10-18/h1-14H,(H2,24,25,28)/b23-14+. The molecule has 0 radical (unpaired) electrons. The zero-order valence-corrected chi connectivity index (χ0v) is 17.0. The van der Waals surface area contributed by atoms with Crippen molar-refractivity contribution in [3.63, 3.8) is 0 Å². The van der Waals surface area contributed by atoms with Gasteiger partial charge in [-0.2, -0.15) is 5.10 Å². The fourth-order valence-electron chi connectivity index (χ4n) is 2.29. The predicted molar refractivity (Wildman–Crippen MR) is 119 cm³/mol. The van der Waals surface area contributed by atoms with Crippen LogP contribution in [0.1, 0.15) is 15.9 Å². The largest absolute Gasteiger partial charge is 0.422 e. The van der Waals surface area contributed by atoms with Gasteiger partial charge in [-0.05, 0) is 54.7 Å². The molecule has 5 nitrogen and oxygen atoms in total. The number of ether oxygens (including phenoxy) is 1.